The highest BCUT2D eigenvalue weighted by Gasteiger charge is 2.30. The van der Waals surface area contributed by atoms with Crippen molar-refractivity contribution in [2.75, 3.05) is 20.3 Å². The van der Waals surface area contributed by atoms with Crippen LogP contribution in [-0.4, -0.2) is 50.4 Å². The van der Waals surface area contributed by atoms with Crippen LogP contribution in [0.3, 0.4) is 0 Å². The molecule has 0 bridgehead atoms. The molecule has 0 spiro atoms. The smallest absolute Gasteiger partial charge is 0.339 e. The number of carbonyl (C=O) groups excluding carboxylic acids is 4. The van der Waals surface area contributed by atoms with Crippen molar-refractivity contribution in [3.63, 3.8) is 0 Å². The van der Waals surface area contributed by atoms with E-state index in [-0.39, 0.29) is 34.7 Å². The van der Waals surface area contributed by atoms with Crippen molar-refractivity contribution in [2.24, 2.45) is 5.92 Å². The predicted octanol–water partition coefficient (Wildman–Crippen LogP) is 6.76. The Kier molecular flexibility index (Phi) is 11.2. The average molecular weight is 575 g/mol. The maximum absolute atomic E-state index is 13.3. The fourth-order valence-corrected chi connectivity index (χ4v) is 5.42. The van der Waals surface area contributed by atoms with Crippen LogP contribution in [-0.2, 0) is 14.3 Å². The molecule has 8 heteroatoms. The van der Waals surface area contributed by atoms with Gasteiger partial charge in [-0.15, -0.1) is 0 Å². The third-order valence-corrected chi connectivity index (χ3v) is 7.59. The van der Waals surface area contributed by atoms with E-state index in [1.165, 1.54) is 13.0 Å². The zero-order valence-electron chi connectivity index (χ0n) is 24.3. The lowest BCUT2D eigenvalue weighted by molar-refractivity contribution is -0.131. The maximum atomic E-state index is 13.3. The summed E-state index contributed by atoms with van der Waals surface area (Å²) in [6, 6.07) is 15.6. The van der Waals surface area contributed by atoms with Crippen LogP contribution in [0.25, 0.3) is 10.8 Å². The normalized spacial score (nSPS) is 16.5. The molecule has 0 amide bonds. The Morgan fingerprint density at radius 2 is 1.52 bits per heavy atom. The van der Waals surface area contributed by atoms with Gasteiger partial charge in [0.2, 0.25) is 0 Å². The summed E-state index contributed by atoms with van der Waals surface area (Å²) in [5.74, 6) is -0.231. The molecule has 0 unspecified atom stereocenters. The molecule has 1 aliphatic rings. The molecule has 42 heavy (non-hydrogen) atoms. The number of ketones is 1. The summed E-state index contributed by atoms with van der Waals surface area (Å²) in [6.07, 6.45) is 6.75. The summed E-state index contributed by atoms with van der Waals surface area (Å²) < 4.78 is 22.0. The quantitative estimate of drug-likeness (QED) is 0.0684. The fourth-order valence-electron chi connectivity index (χ4n) is 5.42. The van der Waals surface area contributed by atoms with Gasteiger partial charge in [-0.25, -0.2) is 4.79 Å². The highest BCUT2D eigenvalue weighted by atomic mass is 16.5. The van der Waals surface area contributed by atoms with Crippen molar-refractivity contribution in [3.8, 4) is 11.5 Å². The molecule has 4 rings (SSSR count). The number of Topliss-reactive ketones (excluding diaryl/α,β-unsaturated/α-hetero) is 1. The Morgan fingerprint density at radius 3 is 2.17 bits per heavy atom. The molecule has 0 radical (unpaired) electrons. The van der Waals surface area contributed by atoms with Crippen molar-refractivity contribution in [1.29, 1.82) is 0 Å². The molecule has 8 nitrogen and oxygen atoms in total. The Hall–Kier alpha value is -4.04. The minimum Gasteiger partial charge on any atom is -0.494 e. The predicted molar refractivity (Wildman–Crippen MR) is 158 cm³/mol. The van der Waals surface area contributed by atoms with Gasteiger partial charge in [0.15, 0.2) is 12.1 Å². The van der Waals surface area contributed by atoms with Gasteiger partial charge in [0.25, 0.3) is 0 Å². The topological polar surface area (TPSA) is 105 Å². The first-order valence-corrected chi connectivity index (χ1v) is 14.6. The summed E-state index contributed by atoms with van der Waals surface area (Å²) >= 11 is 0. The summed E-state index contributed by atoms with van der Waals surface area (Å²) in [5, 5.41) is 1.01. The zero-order chi connectivity index (χ0) is 29.9. The fraction of sp³-hybridized carbons (Fsp3) is 0.412. The molecular weight excluding hydrogens is 536 g/mol. The van der Waals surface area contributed by atoms with Crippen molar-refractivity contribution in [1.82, 2.24) is 0 Å². The molecule has 1 aliphatic carbocycles. The number of hydrogen-bond acceptors (Lipinski definition) is 8. The Labute approximate surface area is 246 Å². The van der Waals surface area contributed by atoms with Gasteiger partial charge in [-0.3, -0.25) is 14.4 Å². The second-order valence-electron chi connectivity index (χ2n) is 10.6. The monoisotopic (exact) mass is 574 g/mol. The minimum atomic E-state index is -0.608. The van der Waals surface area contributed by atoms with Crippen molar-refractivity contribution >= 4 is 34.8 Å². The number of unbranched alkanes of at least 4 members (excludes halogenated alkanes) is 3. The summed E-state index contributed by atoms with van der Waals surface area (Å²) in [6.45, 7) is 2.71. The number of ether oxygens (including phenoxy) is 4. The molecule has 1 saturated carbocycles. The maximum Gasteiger partial charge on any atom is 0.339 e. The highest BCUT2D eigenvalue weighted by molar-refractivity contribution is 6.12. The number of methoxy groups -OCH3 is 1. The lowest BCUT2D eigenvalue weighted by atomic mass is 9.82. The molecule has 0 aromatic heterocycles. The molecule has 1 fully saturated rings. The molecule has 0 atom stereocenters. The number of fused-ring (bicyclic) bond motifs is 1. The summed E-state index contributed by atoms with van der Waals surface area (Å²) in [7, 11) is 1.71. The van der Waals surface area contributed by atoms with Crippen LogP contribution in [0.5, 0.6) is 11.5 Å². The second kappa shape index (κ2) is 15.3. The molecule has 0 aliphatic heterocycles. The lowest BCUT2D eigenvalue weighted by Crippen LogP contribution is -2.28. The number of benzene rings is 3. The minimum absolute atomic E-state index is 0.0831. The molecule has 0 N–H and O–H groups in total. The van der Waals surface area contributed by atoms with E-state index in [9.17, 15) is 19.2 Å². The number of rotatable bonds is 14. The van der Waals surface area contributed by atoms with Crippen LogP contribution in [0.2, 0.25) is 0 Å². The van der Waals surface area contributed by atoms with Crippen LogP contribution in [0.4, 0.5) is 0 Å². The Bertz CT molecular complexity index is 1390. The molecule has 3 aromatic carbocycles. The summed E-state index contributed by atoms with van der Waals surface area (Å²) in [5.41, 5.74) is 0.883. The van der Waals surface area contributed by atoms with Gasteiger partial charge in [0, 0.05) is 48.5 Å². The SMILES string of the molecule is COCCCCCCOc1ccc(C(=O)C2CCC(OC(=O)c3c(C=O)cc(OC(C)=O)c4ccccc34)CC2)cc1. The van der Waals surface area contributed by atoms with E-state index in [1.54, 1.807) is 31.4 Å². The van der Waals surface area contributed by atoms with E-state index in [4.69, 9.17) is 18.9 Å². The van der Waals surface area contributed by atoms with Gasteiger partial charge in [0.05, 0.1) is 12.2 Å². The van der Waals surface area contributed by atoms with E-state index < -0.39 is 11.9 Å². The number of aldehydes is 1. The number of carbonyl (C=O) groups is 4. The highest BCUT2D eigenvalue weighted by Crippen LogP contribution is 2.34. The first kappa shape index (κ1) is 30.9. The van der Waals surface area contributed by atoms with Crippen LogP contribution >= 0.6 is 0 Å². The standard InChI is InChI=1S/C34H38O8/c1-23(36)41-31-21-26(22-35)32(30-10-6-5-9-29(30)31)34(38)42-28-17-13-25(14-18-28)33(37)24-11-15-27(16-12-24)40-20-8-4-3-7-19-39-2/h5-6,9-12,15-16,21-22,25,28H,3-4,7-8,13-14,17-20H2,1-2H3. The van der Waals surface area contributed by atoms with Gasteiger partial charge >= 0.3 is 11.9 Å². The van der Waals surface area contributed by atoms with Crippen LogP contribution in [0.1, 0.15) is 89.4 Å². The third-order valence-electron chi connectivity index (χ3n) is 7.59. The molecule has 0 heterocycles. The second-order valence-corrected chi connectivity index (χ2v) is 10.6. The van der Waals surface area contributed by atoms with Crippen LogP contribution in [0.15, 0.2) is 54.6 Å². The van der Waals surface area contributed by atoms with Gasteiger partial charge in [-0.2, -0.15) is 0 Å². The first-order chi connectivity index (χ1) is 20.4. The first-order valence-electron chi connectivity index (χ1n) is 14.6. The third kappa shape index (κ3) is 8.03. The number of hydrogen-bond donors (Lipinski definition) is 0. The molecular formula is C34H38O8. The van der Waals surface area contributed by atoms with E-state index in [2.05, 4.69) is 0 Å². The number of esters is 2. The van der Waals surface area contributed by atoms with E-state index in [1.807, 2.05) is 24.3 Å². The van der Waals surface area contributed by atoms with Crippen LogP contribution < -0.4 is 9.47 Å². The lowest BCUT2D eigenvalue weighted by Gasteiger charge is -2.28. The Balaban J connectivity index is 1.31. The molecule has 0 saturated heterocycles. The van der Waals surface area contributed by atoms with Crippen molar-refractivity contribution in [3.05, 3.63) is 71.3 Å². The van der Waals surface area contributed by atoms with Gasteiger partial charge in [0.1, 0.15) is 17.6 Å². The zero-order valence-corrected chi connectivity index (χ0v) is 24.3. The van der Waals surface area contributed by atoms with E-state index in [0.717, 1.165) is 38.0 Å². The van der Waals surface area contributed by atoms with Gasteiger partial charge in [-0.1, -0.05) is 30.7 Å². The Morgan fingerprint density at radius 1 is 0.857 bits per heavy atom. The summed E-state index contributed by atoms with van der Waals surface area (Å²) in [4.78, 5) is 49.9. The molecule has 222 valence electrons. The molecule has 3 aromatic rings. The van der Waals surface area contributed by atoms with E-state index >= 15 is 0 Å². The van der Waals surface area contributed by atoms with Gasteiger partial charge in [-0.05, 0) is 75.3 Å². The average Bonchev–Trinajstić information content (AvgIpc) is 3.00. The van der Waals surface area contributed by atoms with E-state index in [0.29, 0.717) is 54.9 Å². The van der Waals surface area contributed by atoms with Crippen LogP contribution in [0, 0.1) is 5.92 Å². The van der Waals surface area contributed by atoms with Crippen molar-refractivity contribution < 1.29 is 38.1 Å². The largest absolute Gasteiger partial charge is 0.494 e. The van der Waals surface area contributed by atoms with Crippen molar-refractivity contribution in [2.45, 2.75) is 64.4 Å². The van der Waals surface area contributed by atoms with Gasteiger partial charge < -0.3 is 18.9 Å².